The molecule has 6 nitrogen and oxygen atoms in total. The van der Waals surface area contributed by atoms with Crippen LogP contribution >= 0.6 is 0 Å². The van der Waals surface area contributed by atoms with E-state index in [1.54, 1.807) is 6.07 Å². The zero-order chi connectivity index (χ0) is 18.7. The number of carbonyl (C=O) groups excluding carboxylic acids is 1. The van der Waals surface area contributed by atoms with Crippen LogP contribution in [0.4, 0.5) is 8.78 Å². The van der Waals surface area contributed by atoms with E-state index in [9.17, 15) is 13.6 Å². The quantitative estimate of drug-likeness (QED) is 0.397. The molecule has 0 aliphatic heterocycles. The number of methoxy groups -OCH3 is 1. The van der Waals surface area contributed by atoms with E-state index < -0.39 is 12.5 Å². The topological polar surface area (TPSA) is 80.6 Å². The molecule has 1 rings (SSSR count). The predicted molar refractivity (Wildman–Crippen MR) is 87.3 cm³/mol. The smallest absolute Gasteiger partial charge is 0.387 e. The van der Waals surface area contributed by atoms with Crippen LogP contribution in [0.1, 0.15) is 18.9 Å². The largest absolute Gasteiger partial charge is 0.493 e. The Bertz CT molecular complexity index is 642. The molecule has 0 unspecified atom stereocenters. The summed E-state index contributed by atoms with van der Waals surface area (Å²) >= 11 is 0. The van der Waals surface area contributed by atoms with Gasteiger partial charge in [0.05, 0.1) is 7.11 Å². The Labute approximate surface area is 145 Å². The highest BCUT2D eigenvalue weighted by Gasteiger charge is 2.13. The van der Waals surface area contributed by atoms with E-state index in [0.29, 0.717) is 31.7 Å². The Morgan fingerprint density at radius 1 is 1.40 bits per heavy atom. The first-order valence-corrected chi connectivity index (χ1v) is 7.62. The Kier molecular flexibility index (Phi) is 8.96. The van der Waals surface area contributed by atoms with Crippen molar-refractivity contribution in [1.29, 1.82) is 5.26 Å². The fourth-order valence-electron chi connectivity index (χ4n) is 1.90. The van der Waals surface area contributed by atoms with Gasteiger partial charge in [-0.1, -0.05) is 6.07 Å². The molecule has 0 fully saturated rings. The monoisotopic (exact) mass is 354 g/mol. The SMILES string of the molecule is CCOCCCNC(=O)/C(C#N)=C\c1ccc(OC)c(OC(F)F)c1. The highest BCUT2D eigenvalue weighted by atomic mass is 19.3. The summed E-state index contributed by atoms with van der Waals surface area (Å²) in [7, 11) is 1.32. The maximum Gasteiger partial charge on any atom is 0.387 e. The summed E-state index contributed by atoms with van der Waals surface area (Å²) in [5, 5.41) is 11.7. The number of nitrogens with one attached hydrogen (secondary N) is 1. The fraction of sp³-hybridized carbons (Fsp3) is 0.412. The van der Waals surface area contributed by atoms with Crippen LogP contribution in [0.2, 0.25) is 0 Å². The van der Waals surface area contributed by atoms with Gasteiger partial charge in [-0.15, -0.1) is 0 Å². The van der Waals surface area contributed by atoms with Crippen molar-refractivity contribution < 1.29 is 27.8 Å². The molecule has 1 amide bonds. The molecule has 0 bridgehead atoms. The summed E-state index contributed by atoms with van der Waals surface area (Å²) in [6.45, 7) is 0.320. The van der Waals surface area contributed by atoms with Gasteiger partial charge in [-0.3, -0.25) is 4.79 Å². The van der Waals surface area contributed by atoms with Crippen molar-refractivity contribution in [2.45, 2.75) is 20.0 Å². The van der Waals surface area contributed by atoms with Crippen LogP contribution < -0.4 is 14.8 Å². The Morgan fingerprint density at radius 2 is 2.16 bits per heavy atom. The summed E-state index contributed by atoms with van der Waals surface area (Å²) in [4.78, 5) is 12.0. The van der Waals surface area contributed by atoms with E-state index in [4.69, 9.17) is 14.7 Å². The lowest BCUT2D eigenvalue weighted by atomic mass is 10.1. The molecule has 0 atom stereocenters. The molecule has 1 aromatic rings. The highest BCUT2D eigenvalue weighted by Crippen LogP contribution is 2.30. The molecular weight excluding hydrogens is 334 g/mol. The number of nitriles is 1. The molecule has 0 saturated heterocycles. The van der Waals surface area contributed by atoms with Crippen LogP contribution in [0.5, 0.6) is 11.5 Å². The van der Waals surface area contributed by atoms with Crippen molar-refractivity contribution in [3.05, 3.63) is 29.3 Å². The molecule has 1 aromatic carbocycles. The third-order valence-corrected chi connectivity index (χ3v) is 3.03. The number of carbonyl (C=O) groups is 1. The van der Waals surface area contributed by atoms with E-state index in [-0.39, 0.29) is 17.1 Å². The van der Waals surface area contributed by atoms with Gasteiger partial charge >= 0.3 is 6.61 Å². The van der Waals surface area contributed by atoms with E-state index in [1.807, 2.05) is 6.92 Å². The van der Waals surface area contributed by atoms with Crippen molar-refractivity contribution >= 4 is 12.0 Å². The number of halogens is 2. The first-order chi connectivity index (χ1) is 12.0. The van der Waals surface area contributed by atoms with Gasteiger partial charge in [-0.25, -0.2) is 0 Å². The van der Waals surface area contributed by atoms with E-state index >= 15 is 0 Å². The van der Waals surface area contributed by atoms with Gasteiger partial charge < -0.3 is 19.5 Å². The molecule has 0 radical (unpaired) electrons. The van der Waals surface area contributed by atoms with Gasteiger partial charge in [0.1, 0.15) is 11.6 Å². The third kappa shape index (κ3) is 7.18. The van der Waals surface area contributed by atoms with Gasteiger partial charge in [-0.2, -0.15) is 14.0 Å². The molecule has 0 aromatic heterocycles. The lowest BCUT2D eigenvalue weighted by molar-refractivity contribution is -0.117. The van der Waals surface area contributed by atoms with Crippen LogP contribution in [0.3, 0.4) is 0 Å². The molecule has 1 N–H and O–H groups in total. The standard InChI is InChI=1S/C17H20F2N2O4/c1-3-24-8-4-7-21-16(22)13(11-20)9-12-5-6-14(23-2)15(10-12)25-17(18)19/h5-6,9-10,17H,3-4,7-8H2,1-2H3,(H,21,22)/b13-9-. The fourth-order valence-corrected chi connectivity index (χ4v) is 1.90. The third-order valence-electron chi connectivity index (χ3n) is 3.03. The van der Waals surface area contributed by atoms with Crippen LogP contribution in [0.15, 0.2) is 23.8 Å². The minimum atomic E-state index is -3.02. The number of hydrogen-bond acceptors (Lipinski definition) is 5. The predicted octanol–water partition coefficient (Wildman–Crippen LogP) is 2.75. The van der Waals surface area contributed by atoms with Gasteiger partial charge in [-0.05, 0) is 37.1 Å². The zero-order valence-electron chi connectivity index (χ0n) is 14.1. The molecular formula is C17H20F2N2O4. The number of benzene rings is 1. The van der Waals surface area contributed by atoms with Crippen LogP contribution in [-0.4, -0.2) is 39.4 Å². The number of amides is 1. The lowest BCUT2D eigenvalue weighted by Gasteiger charge is -2.10. The number of alkyl halides is 2. The maximum atomic E-state index is 12.4. The van der Waals surface area contributed by atoms with E-state index in [1.165, 1.54) is 31.4 Å². The van der Waals surface area contributed by atoms with Crippen molar-refractivity contribution in [2.24, 2.45) is 0 Å². The second-order valence-corrected chi connectivity index (χ2v) is 4.76. The Balaban J connectivity index is 2.83. The molecule has 0 aliphatic carbocycles. The zero-order valence-corrected chi connectivity index (χ0v) is 14.1. The molecule has 0 aliphatic rings. The van der Waals surface area contributed by atoms with Gasteiger partial charge in [0, 0.05) is 19.8 Å². The minimum Gasteiger partial charge on any atom is -0.493 e. The lowest BCUT2D eigenvalue weighted by Crippen LogP contribution is -2.26. The van der Waals surface area contributed by atoms with Crippen LogP contribution in [-0.2, 0) is 9.53 Å². The number of nitrogens with zero attached hydrogens (tertiary/aromatic N) is 1. The second-order valence-electron chi connectivity index (χ2n) is 4.76. The van der Waals surface area contributed by atoms with Crippen molar-refractivity contribution in [3.63, 3.8) is 0 Å². The van der Waals surface area contributed by atoms with Gasteiger partial charge in [0.15, 0.2) is 11.5 Å². The van der Waals surface area contributed by atoms with Crippen molar-refractivity contribution in [1.82, 2.24) is 5.32 Å². The molecule has 0 saturated carbocycles. The van der Waals surface area contributed by atoms with Crippen LogP contribution in [0.25, 0.3) is 6.08 Å². The summed E-state index contributed by atoms with van der Waals surface area (Å²) in [6, 6.07) is 6.00. The first kappa shape index (κ1) is 20.4. The van der Waals surface area contributed by atoms with E-state index in [2.05, 4.69) is 10.1 Å². The summed E-state index contributed by atoms with van der Waals surface area (Å²) < 4.78 is 39.3. The maximum absolute atomic E-state index is 12.4. The average molecular weight is 354 g/mol. The molecule has 0 spiro atoms. The highest BCUT2D eigenvalue weighted by molar-refractivity contribution is 6.01. The molecule has 8 heteroatoms. The van der Waals surface area contributed by atoms with Crippen molar-refractivity contribution in [2.75, 3.05) is 26.9 Å². The normalized spacial score (nSPS) is 11.1. The minimum absolute atomic E-state index is 0.122. The number of rotatable bonds is 10. The summed E-state index contributed by atoms with van der Waals surface area (Å²) in [5.41, 5.74) is 0.210. The van der Waals surface area contributed by atoms with Crippen LogP contribution in [0, 0.1) is 11.3 Å². The van der Waals surface area contributed by atoms with Gasteiger partial charge in [0.2, 0.25) is 0 Å². The first-order valence-electron chi connectivity index (χ1n) is 7.62. The van der Waals surface area contributed by atoms with Gasteiger partial charge in [0.25, 0.3) is 5.91 Å². The number of ether oxygens (including phenoxy) is 3. The summed E-state index contributed by atoms with van der Waals surface area (Å²) in [6.07, 6.45) is 1.91. The summed E-state index contributed by atoms with van der Waals surface area (Å²) in [5.74, 6) is -0.608. The Morgan fingerprint density at radius 3 is 2.76 bits per heavy atom. The Hall–Kier alpha value is -2.66. The molecule has 25 heavy (non-hydrogen) atoms. The molecule has 0 heterocycles. The van der Waals surface area contributed by atoms with E-state index in [0.717, 1.165) is 0 Å². The van der Waals surface area contributed by atoms with Crippen molar-refractivity contribution in [3.8, 4) is 17.6 Å². The number of hydrogen-bond donors (Lipinski definition) is 1. The second kappa shape index (κ2) is 11.0. The average Bonchev–Trinajstić information content (AvgIpc) is 2.59. The molecule has 136 valence electrons.